The number of pyridine rings is 1. The van der Waals surface area contributed by atoms with Crippen LogP contribution >= 0.6 is 35.0 Å². The quantitative estimate of drug-likeness (QED) is 0.444. The van der Waals surface area contributed by atoms with E-state index in [9.17, 15) is 0 Å². The summed E-state index contributed by atoms with van der Waals surface area (Å²) >= 11 is 14.1. The predicted molar refractivity (Wildman–Crippen MR) is 87.8 cm³/mol. The van der Waals surface area contributed by atoms with Crippen molar-refractivity contribution in [1.82, 2.24) is 4.98 Å². The summed E-state index contributed by atoms with van der Waals surface area (Å²) in [6.45, 7) is 0. The van der Waals surface area contributed by atoms with Crippen molar-refractivity contribution in [2.45, 2.75) is 10.6 Å². The van der Waals surface area contributed by atoms with Crippen LogP contribution in [0.3, 0.4) is 0 Å². The minimum atomic E-state index is 0.559. The molecular formula is C16H11Cl2NS. The molecule has 0 amide bonds. The van der Waals surface area contributed by atoms with Crippen LogP contribution in [0.5, 0.6) is 0 Å². The Balaban J connectivity index is 1.87. The zero-order valence-corrected chi connectivity index (χ0v) is 12.8. The highest BCUT2D eigenvalue weighted by Crippen LogP contribution is 2.32. The molecule has 4 heteroatoms. The van der Waals surface area contributed by atoms with Crippen LogP contribution in [0.25, 0.3) is 10.9 Å². The van der Waals surface area contributed by atoms with Gasteiger partial charge >= 0.3 is 0 Å². The third kappa shape index (κ3) is 2.93. The molecule has 0 saturated carbocycles. The summed E-state index contributed by atoms with van der Waals surface area (Å²) in [4.78, 5) is 5.48. The maximum atomic E-state index is 6.25. The molecule has 1 nitrogen and oxygen atoms in total. The molecule has 100 valence electrons. The molecule has 0 atom stereocenters. The van der Waals surface area contributed by atoms with Crippen molar-refractivity contribution in [1.29, 1.82) is 0 Å². The molecule has 3 aromatic rings. The summed E-state index contributed by atoms with van der Waals surface area (Å²) in [5, 5.41) is 2.43. The Labute approximate surface area is 131 Å². The number of thioether (sulfide) groups is 1. The molecular weight excluding hydrogens is 309 g/mol. The second-order valence-corrected chi connectivity index (χ2v) is 6.13. The summed E-state index contributed by atoms with van der Waals surface area (Å²) in [6, 6.07) is 17.9. The van der Waals surface area contributed by atoms with Gasteiger partial charge in [-0.25, -0.2) is 4.98 Å². The van der Waals surface area contributed by atoms with E-state index in [0.717, 1.165) is 32.1 Å². The third-order valence-electron chi connectivity index (χ3n) is 2.97. The molecule has 2 aromatic carbocycles. The lowest BCUT2D eigenvalue weighted by Gasteiger charge is -2.07. The number of nitrogens with zero attached hydrogens (tertiary/aromatic N) is 1. The largest absolute Gasteiger partial charge is 0.236 e. The van der Waals surface area contributed by atoms with Crippen molar-refractivity contribution < 1.29 is 0 Å². The van der Waals surface area contributed by atoms with Crippen molar-refractivity contribution in [2.75, 3.05) is 0 Å². The van der Waals surface area contributed by atoms with Gasteiger partial charge in [-0.1, -0.05) is 53.5 Å². The van der Waals surface area contributed by atoms with Crippen LogP contribution in [-0.4, -0.2) is 4.98 Å². The van der Waals surface area contributed by atoms with Crippen molar-refractivity contribution in [2.24, 2.45) is 0 Å². The van der Waals surface area contributed by atoms with Gasteiger partial charge in [0.05, 0.1) is 10.5 Å². The molecule has 0 saturated heterocycles. The van der Waals surface area contributed by atoms with Crippen LogP contribution in [0.1, 0.15) is 5.56 Å². The standard InChI is InChI=1S/C16H11Cl2NS/c17-13-6-2-4-8-15(13)20-10-12-9-11-5-1-3-7-14(11)19-16(12)18/h1-9H,10H2. The molecule has 0 aliphatic rings. The van der Waals surface area contributed by atoms with Crippen LogP contribution < -0.4 is 0 Å². The SMILES string of the molecule is Clc1ccccc1SCc1cc2ccccc2nc1Cl. The fourth-order valence-electron chi connectivity index (χ4n) is 1.95. The van der Waals surface area contributed by atoms with E-state index in [1.54, 1.807) is 11.8 Å². The van der Waals surface area contributed by atoms with Gasteiger partial charge < -0.3 is 0 Å². The average Bonchev–Trinajstić information content (AvgIpc) is 2.46. The number of hydrogen-bond donors (Lipinski definition) is 0. The number of rotatable bonds is 3. The molecule has 20 heavy (non-hydrogen) atoms. The highest BCUT2D eigenvalue weighted by atomic mass is 35.5. The van der Waals surface area contributed by atoms with Gasteiger partial charge in [0.2, 0.25) is 0 Å². The van der Waals surface area contributed by atoms with Gasteiger partial charge in [-0.05, 0) is 24.3 Å². The molecule has 0 fully saturated rings. The van der Waals surface area contributed by atoms with E-state index >= 15 is 0 Å². The first kappa shape index (κ1) is 13.7. The van der Waals surface area contributed by atoms with Crippen molar-refractivity contribution in [3.63, 3.8) is 0 Å². The Morgan fingerprint density at radius 3 is 2.55 bits per heavy atom. The lowest BCUT2D eigenvalue weighted by Crippen LogP contribution is -1.88. The highest BCUT2D eigenvalue weighted by molar-refractivity contribution is 7.98. The van der Waals surface area contributed by atoms with Crippen LogP contribution in [0.15, 0.2) is 59.5 Å². The molecule has 0 aliphatic heterocycles. The molecule has 0 aliphatic carbocycles. The fraction of sp³-hybridized carbons (Fsp3) is 0.0625. The Morgan fingerprint density at radius 2 is 1.70 bits per heavy atom. The maximum absolute atomic E-state index is 6.25. The molecule has 0 radical (unpaired) electrons. The molecule has 3 rings (SSSR count). The summed E-state index contributed by atoms with van der Waals surface area (Å²) < 4.78 is 0. The molecule has 0 N–H and O–H groups in total. The monoisotopic (exact) mass is 319 g/mol. The third-order valence-corrected chi connectivity index (χ3v) is 4.86. The van der Waals surface area contributed by atoms with E-state index in [2.05, 4.69) is 11.1 Å². The van der Waals surface area contributed by atoms with E-state index in [1.165, 1.54) is 0 Å². The summed E-state index contributed by atoms with van der Waals surface area (Å²) in [6.07, 6.45) is 0. The van der Waals surface area contributed by atoms with Gasteiger partial charge in [0, 0.05) is 21.6 Å². The van der Waals surface area contributed by atoms with Crippen molar-refractivity contribution in [3.8, 4) is 0 Å². The second kappa shape index (κ2) is 6.04. The number of fused-ring (bicyclic) bond motifs is 1. The van der Waals surface area contributed by atoms with Gasteiger partial charge in [-0.2, -0.15) is 0 Å². The first-order chi connectivity index (χ1) is 9.74. The number of para-hydroxylation sites is 1. The average molecular weight is 320 g/mol. The maximum Gasteiger partial charge on any atom is 0.133 e. The van der Waals surface area contributed by atoms with Gasteiger partial charge in [-0.15, -0.1) is 11.8 Å². The smallest absolute Gasteiger partial charge is 0.133 e. The van der Waals surface area contributed by atoms with Gasteiger partial charge in [-0.3, -0.25) is 0 Å². The van der Waals surface area contributed by atoms with Gasteiger partial charge in [0.25, 0.3) is 0 Å². The molecule has 1 heterocycles. The molecule has 1 aromatic heterocycles. The summed E-state index contributed by atoms with van der Waals surface area (Å²) in [7, 11) is 0. The van der Waals surface area contributed by atoms with Gasteiger partial charge in [0.1, 0.15) is 5.15 Å². The summed E-state index contributed by atoms with van der Waals surface area (Å²) in [5.74, 6) is 0.750. The normalized spacial score (nSPS) is 10.9. The number of aromatic nitrogens is 1. The predicted octanol–water partition coefficient (Wildman–Crippen LogP) is 5.83. The highest BCUT2D eigenvalue weighted by Gasteiger charge is 2.07. The van der Waals surface area contributed by atoms with Crippen LogP contribution in [0.4, 0.5) is 0 Å². The van der Waals surface area contributed by atoms with Crippen LogP contribution in [-0.2, 0) is 5.75 Å². The lowest BCUT2D eigenvalue weighted by atomic mass is 10.2. The van der Waals surface area contributed by atoms with Crippen molar-refractivity contribution >= 4 is 45.9 Å². The molecule has 0 unspecified atom stereocenters. The van der Waals surface area contributed by atoms with Crippen LogP contribution in [0, 0.1) is 0 Å². The van der Waals surface area contributed by atoms with Crippen molar-refractivity contribution in [3.05, 3.63) is 70.3 Å². The van der Waals surface area contributed by atoms with E-state index in [1.807, 2.05) is 48.5 Å². The molecule has 0 bridgehead atoms. The Kier molecular flexibility index (Phi) is 4.16. The topological polar surface area (TPSA) is 12.9 Å². The summed E-state index contributed by atoms with van der Waals surface area (Å²) in [5.41, 5.74) is 1.94. The number of halogens is 2. The Hall–Kier alpha value is -1.22. The van der Waals surface area contributed by atoms with Crippen LogP contribution in [0.2, 0.25) is 10.2 Å². The fourth-order valence-corrected chi connectivity index (χ4v) is 3.46. The number of hydrogen-bond acceptors (Lipinski definition) is 2. The number of benzene rings is 2. The minimum Gasteiger partial charge on any atom is -0.236 e. The minimum absolute atomic E-state index is 0.559. The first-order valence-electron chi connectivity index (χ1n) is 6.15. The zero-order valence-electron chi connectivity index (χ0n) is 10.5. The Morgan fingerprint density at radius 1 is 0.950 bits per heavy atom. The lowest BCUT2D eigenvalue weighted by molar-refractivity contribution is 1.30. The van der Waals surface area contributed by atoms with E-state index < -0.39 is 0 Å². The zero-order chi connectivity index (χ0) is 13.9. The van der Waals surface area contributed by atoms with E-state index in [4.69, 9.17) is 23.2 Å². The molecule has 0 spiro atoms. The van der Waals surface area contributed by atoms with E-state index in [0.29, 0.717) is 5.15 Å². The van der Waals surface area contributed by atoms with E-state index in [-0.39, 0.29) is 0 Å². The van der Waals surface area contributed by atoms with Gasteiger partial charge in [0.15, 0.2) is 0 Å². The Bertz CT molecular complexity index is 758. The first-order valence-corrected chi connectivity index (χ1v) is 7.90. The second-order valence-electron chi connectivity index (χ2n) is 4.35.